The number of Topliss-reactive ketones (excluding diaryl/α,β-unsaturated/α-hetero) is 1. The van der Waals surface area contributed by atoms with E-state index < -0.39 is 132 Å². The number of aromatic carboxylic acids is 1. The first-order valence-corrected chi connectivity index (χ1v) is 24.4. The van der Waals surface area contributed by atoms with Crippen molar-refractivity contribution in [3.63, 3.8) is 0 Å². The summed E-state index contributed by atoms with van der Waals surface area (Å²) in [7, 11) is 0. The number of ether oxygens (including phenoxy) is 1. The predicted molar refractivity (Wildman–Crippen MR) is 260 cm³/mol. The number of hydrogen-bond donors (Lipinski definition) is 10. The van der Waals surface area contributed by atoms with Crippen LogP contribution in [0.3, 0.4) is 0 Å². The molecular formula is C49H60F2N10O14. The van der Waals surface area contributed by atoms with E-state index in [4.69, 9.17) is 21.9 Å². The van der Waals surface area contributed by atoms with Gasteiger partial charge in [-0.25, -0.2) is 18.4 Å². The van der Waals surface area contributed by atoms with Crippen LogP contribution in [-0.4, -0.2) is 171 Å². The van der Waals surface area contributed by atoms with Crippen LogP contribution in [0.2, 0.25) is 0 Å². The number of aliphatic hydroxyl groups is 1. The number of nitrogens with one attached hydrogen (secondary N) is 4. The van der Waals surface area contributed by atoms with Crippen molar-refractivity contribution >= 4 is 70.5 Å². The van der Waals surface area contributed by atoms with E-state index in [1.165, 1.54) is 22.8 Å². The fraction of sp³-hybridized carbons (Fsp3) is 0.490. The number of aliphatic imine (C=N–C) groups is 1. The van der Waals surface area contributed by atoms with E-state index in [1.54, 1.807) is 0 Å². The van der Waals surface area contributed by atoms with E-state index in [0.717, 1.165) is 30.4 Å². The number of carbonyl (C=O) groups is 10. The summed E-state index contributed by atoms with van der Waals surface area (Å²) in [6.45, 7) is 1.02. The predicted octanol–water partition coefficient (Wildman–Crippen LogP) is -1.09. The normalized spacial score (nSPS) is 21.6. The van der Waals surface area contributed by atoms with E-state index in [0.29, 0.717) is 25.7 Å². The van der Waals surface area contributed by atoms with Gasteiger partial charge in [0.15, 0.2) is 23.7 Å². The Morgan fingerprint density at radius 3 is 2.27 bits per heavy atom. The lowest BCUT2D eigenvalue weighted by Gasteiger charge is -2.35. The zero-order valence-corrected chi connectivity index (χ0v) is 40.9. The molecule has 1 aromatic rings. The molecule has 3 aliphatic heterocycles. The lowest BCUT2D eigenvalue weighted by Crippen LogP contribution is -2.60. The number of halogens is 2. The number of carboxylic acid groups (broad SMARTS) is 2. The second kappa shape index (κ2) is 24.9. The third-order valence-corrected chi connectivity index (χ3v) is 13.3. The van der Waals surface area contributed by atoms with E-state index in [9.17, 15) is 72.0 Å². The van der Waals surface area contributed by atoms with Gasteiger partial charge in [0.25, 0.3) is 5.91 Å². The van der Waals surface area contributed by atoms with E-state index >= 15 is 0 Å². The number of allylic oxidation sites excluding steroid dienone is 4. The molecule has 8 atom stereocenters. The van der Waals surface area contributed by atoms with Gasteiger partial charge < -0.3 is 68.3 Å². The van der Waals surface area contributed by atoms with Crippen LogP contribution in [0.4, 0.5) is 8.78 Å². The maximum Gasteiger partial charge on any atom is 0.336 e. The maximum absolute atomic E-state index is 14.8. The lowest BCUT2D eigenvalue weighted by molar-refractivity contribution is -0.149. The summed E-state index contributed by atoms with van der Waals surface area (Å²) < 4.78 is 35.2. The van der Waals surface area contributed by atoms with Crippen LogP contribution in [0.25, 0.3) is 5.57 Å². The molecule has 26 heteroatoms. The SMILES string of the molecule is CC(O)C(NC(=O)CNC(=O)c1ccc(C2=C3C=C(F)C(=O)C=C3OC3CC(=O)C(F)C=C23)c(C(=O)O)c1)C(=O)NC(CCCCN)C(=O)N1CCCC1C(=O)N1CCCC1C(=O)NC(CCCN=C(N)N)C(=O)O. The molecule has 0 radical (unpaired) electrons. The highest BCUT2D eigenvalue weighted by molar-refractivity contribution is 6.09. The summed E-state index contributed by atoms with van der Waals surface area (Å²) in [6, 6.07) is -3.05. The van der Waals surface area contributed by atoms with Gasteiger partial charge in [-0.05, 0) is 101 Å². The molecule has 2 fully saturated rings. The number of likely N-dealkylation sites (tertiary alicyclic amines) is 2. The monoisotopic (exact) mass is 1050 g/mol. The quantitative estimate of drug-likeness (QED) is 0.0375. The number of fused-ring (bicyclic) bond motifs is 2. The molecule has 75 heavy (non-hydrogen) atoms. The number of carboxylic acids is 2. The number of ketones is 2. The van der Waals surface area contributed by atoms with E-state index in [1.807, 2.05) is 0 Å². The van der Waals surface area contributed by atoms with Crippen LogP contribution in [0.1, 0.15) is 97.4 Å². The number of amides is 6. The molecule has 2 saturated heterocycles. The van der Waals surface area contributed by atoms with Gasteiger partial charge in [0, 0.05) is 48.0 Å². The Morgan fingerprint density at radius 2 is 1.60 bits per heavy atom. The van der Waals surface area contributed by atoms with Crippen LogP contribution in [0.5, 0.6) is 0 Å². The minimum atomic E-state index is -2.10. The molecule has 24 nitrogen and oxygen atoms in total. The second-order valence-corrected chi connectivity index (χ2v) is 18.6. The van der Waals surface area contributed by atoms with E-state index in [-0.39, 0.29) is 97.8 Å². The number of aliphatic carboxylic acids is 1. The van der Waals surface area contributed by atoms with Crippen molar-refractivity contribution in [1.29, 1.82) is 0 Å². The summed E-state index contributed by atoms with van der Waals surface area (Å²) >= 11 is 0. The molecule has 2 aliphatic carbocycles. The number of nitrogens with zero attached hydrogens (tertiary/aromatic N) is 3. The smallest absolute Gasteiger partial charge is 0.336 e. The molecule has 0 spiro atoms. The zero-order chi connectivity index (χ0) is 54.8. The van der Waals surface area contributed by atoms with Crippen molar-refractivity contribution < 1.29 is 76.8 Å². The van der Waals surface area contributed by atoms with Crippen molar-refractivity contribution in [2.75, 3.05) is 32.7 Å². The van der Waals surface area contributed by atoms with Gasteiger partial charge in [-0.1, -0.05) is 6.07 Å². The van der Waals surface area contributed by atoms with Gasteiger partial charge in [-0.15, -0.1) is 0 Å². The number of benzene rings is 1. The van der Waals surface area contributed by atoms with Crippen LogP contribution in [0, 0.1) is 0 Å². The number of aliphatic hydroxyl groups excluding tert-OH is 1. The summed E-state index contributed by atoms with van der Waals surface area (Å²) in [5.41, 5.74) is 15.3. The minimum absolute atomic E-state index is 0.00845. The topological polar surface area (TPSA) is 386 Å². The van der Waals surface area contributed by atoms with Crippen LogP contribution in [-0.2, 0) is 43.1 Å². The molecule has 6 rings (SSSR count). The zero-order valence-electron chi connectivity index (χ0n) is 40.9. The summed E-state index contributed by atoms with van der Waals surface area (Å²) in [5.74, 6) is -11.2. The van der Waals surface area contributed by atoms with Gasteiger partial charge in [0.1, 0.15) is 42.1 Å². The molecule has 3 heterocycles. The van der Waals surface area contributed by atoms with Gasteiger partial charge >= 0.3 is 11.9 Å². The number of unbranched alkanes of at least 4 members (excludes halogenated alkanes) is 1. The second-order valence-electron chi connectivity index (χ2n) is 18.6. The first-order valence-electron chi connectivity index (χ1n) is 24.4. The van der Waals surface area contributed by atoms with Gasteiger partial charge in [0.2, 0.25) is 35.3 Å². The summed E-state index contributed by atoms with van der Waals surface area (Å²) in [6.07, 6.45) is -0.411. The first-order chi connectivity index (χ1) is 35.6. The Kier molecular flexibility index (Phi) is 18.7. The van der Waals surface area contributed by atoms with Crippen LogP contribution >= 0.6 is 0 Å². The Hall–Kier alpha value is -7.87. The Labute approximate surface area is 427 Å². The van der Waals surface area contributed by atoms with Crippen molar-refractivity contribution in [3.05, 3.63) is 75.8 Å². The number of alkyl halides is 1. The molecular weight excluding hydrogens is 991 g/mol. The minimum Gasteiger partial charge on any atom is -0.484 e. The van der Waals surface area contributed by atoms with Gasteiger partial charge in [0.05, 0.1) is 24.6 Å². The molecule has 1 aromatic carbocycles. The number of rotatable bonds is 22. The molecule has 0 aromatic heterocycles. The number of carbonyl (C=O) groups excluding carboxylic acids is 8. The molecule has 404 valence electrons. The third-order valence-electron chi connectivity index (χ3n) is 13.3. The van der Waals surface area contributed by atoms with Gasteiger partial charge in [-0.2, -0.15) is 0 Å². The Morgan fingerprint density at radius 1 is 0.907 bits per heavy atom. The maximum atomic E-state index is 14.8. The molecule has 0 bridgehead atoms. The fourth-order valence-electron chi connectivity index (χ4n) is 9.54. The van der Waals surface area contributed by atoms with Crippen molar-refractivity contribution in [2.45, 2.75) is 120 Å². The first kappa shape index (κ1) is 56.4. The standard InChI is InChI=1S/C49H60F2N10O14/c1-23(62)41(59-39(65)22-56-42(66)24-11-12-25(26(17-24)47(71)72)40-27-18-29(50)35(63)20-37(27)75-38-21-36(64)30(51)19-28(38)40)44(68)57-31(7-2-3-13-52)45(69)61-16-6-10-34(61)46(70)60-15-5-9-33(60)43(67)58-32(48(73)74)8-4-14-55-49(53)54/h11-12,17-20,23,30-34,38,41,62H,2-10,13-16,21-22,52H2,1H3,(H,56,66)(H,57,68)(H,58,67)(H,59,65)(H,71,72)(H,73,74)(H4,53,54,55). The fourth-order valence-corrected chi connectivity index (χ4v) is 9.54. The van der Waals surface area contributed by atoms with E-state index in [2.05, 4.69) is 26.3 Å². The summed E-state index contributed by atoms with van der Waals surface area (Å²) in [4.78, 5) is 138. The van der Waals surface area contributed by atoms with Crippen molar-refractivity contribution in [1.82, 2.24) is 31.1 Å². The largest absolute Gasteiger partial charge is 0.484 e. The number of nitrogens with two attached hydrogens (primary N) is 3. The molecule has 5 aliphatic rings. The summed E-state index contributed by atoms with van der Waals surface area (Å²) in [5, 5.41) is 40.5. The number of guanidine groups is 1. The Balaban J connectivity index is 1.12. The highest BCUT2D eigenvalue weighted by Gasteiger charge is 2.45. The average Bonchev–Trinajstić information content (AvgIpc) is 4.07. The van der Waals surface area contributed by atoms with Crippen LogP contribution in [0.15, 0.2) is 64.2 Å². The molecule has 8 unspecified atom stereocenters. The lowest BCUT2D eigenvalue weighted by atomic mass is 9.78. The average molecular weight is 1050 g/mol. The highest BCUT2D eigenvalue weighted by Crippen LogP contribution is 2.45. The molecule has 0 saturated carbocycles. The van der Waals surface area contributed by atoms with Crippen molar-refractivity contribution in [2.24, 2.45) is 22.2 Å². The number of hydrogen-bond acceptors (Lipinski definition) is 14. The third kappa shape index (κ3) is 13.5. The van der Waals surface area contributed by atoms with Gasteiger partial charge in [-0.3, -0.25) is 43.3 Å². The van der Waals surface area contributed by atoms with Crippen LogP contribution < -0.4 is 38.5 Å². The molecule has 6 amide bonds. The highest BCUT2D eigenvalue weighted by atomic mass is 19.1. The Bertz CT molecular complexity index is 2660. The molecule has 13 N–H and O–H groups in total. The van der Waals surface area contributed by atoms with Crippen molar-refractivity contribution in [3.8, 4) is 0 Å².